The highest BCUT2D eigenvalue weighted by Crippen LogP contribution is 2.36. The average molecular weight is 287 g/mol. The summed E-state index contributed by atoms with van der Waals surface area (Å²) in [4.78, 5) is 24.1. The van der Waals surface area contributed by atoms with Crippen LogP contribution in [0.3, 0.4) is 0 Å². The highest BCUT2D eigenvalue weighted by atomic mass is 28.4. The zero-order valence-electron chi connectivity index (χ0n) is 12.5. The van der Waals surface area contributed by atoms with Crippen LogP contribution >= 0.6 is 0 Å². The van der Waals surface area contributed by atoms with Crippen molar-refractivity contribution in [2.24, 2.45) is 5.92 Å². The number of aliphatic carboxylic acids is 1. The first-order valence-corrected chi connectivity index (χ1v) is 9.60. The van der Waals surface area contributed by atoms with Gasteiger partial charge in [-0.05, 0) is 18.1 Å². The van der Waals surface area contributed by atoms with Crippen molar-refractivity contribution < 1.29 is 19.1 Å². The number of hydrogen-bond donors (Lipinski definition) is 1. The fourth-order valence-corrected chi connectivity index (χ4v) is 2.82. The maximum absolute atomic E-state index is 11.7. The van der Waals surface area contributed by atoms with Gasteiger partial charge in [-0.15, -0.1) is 0 Å². The number of hydrogen-bond acceptors (Lipinski definition) is 3. The van der Waals surface area contributed by atoms with Crippen LogP contribution in [0.15, 0.2) is 0 Å². The minimum atomic E-state index is -1.79. The van der Waals surface area contributed by atoms with Crippen LogP contribution in [0.25, 0.3) is 0 Å². The molecule has 1 aliphatic heterocycles. The molecule has 19 heavy (non-hydrogen) atoms. The van der Waals surface area contributed by atoms with Gasteiger partial charge < -0.3 is 14.4 Å². The van der Waals surface area contributed by atoms with Crippen molar-refractivity contribution >= 4 is 20.2 Å². The Morgan fingerprint density at radius 3 is 2.47 bits per heavy atom. The Morgan fingerprint density at radius 2 is 2.05 bits per heavy atom. The van der Waals surface area contributed by atoms with Gasteiger partial charge in [-0.1, -0.05) is 20.8 Å². The molecule has 1 amide bonds. The molecule has 0 aromatic rings. The number of rotatable bonds is 5. The van der Waals surface area contributed by atoms with Crippen molar-refractivity contribution in [2.75, 3.05) is 19.7 Å². The molecule has 1 fully saturated rings. The summed E-state index contributed by atoms with van der Waals surface area (Å²) in [6.07, 6.45) is 0.120. The Balaban J connectivity index is 2.43. The Bertz CT molecular complexity index is 362. The Hall–Kier alpha value is -0.883. The third-order valence-electron chi connectivity index (χ3n) is 4.19. The number of carboxylic acid groups (broad SMARTS) is 1. The maximum atomic E-state index is 11.7. The van der Waals surface area contributed by atoms with Crippen LogP contribution in [0.5, 0.6) is 0 Å². The molecule has 1 atom stereocenters. The van der Waals surface area contributed by atoms with E-state index >= 15 is 0 Å². The van der Waals surface area contributed by atoms with Crippen molar-refractivity contribution in [3.63, 3.8) is 0 Å². The van der Waals surface area contributed by atoms with Crippen LogP contribution in [0, 0.1) is 5.92 Å². The van der Waals surface area contributed by atoms with Crippen LogP contribution in [0.2, 0.25) is 18.1 Å². The van der Waals surface area contributed by atoms with Gasteiger partial charge in [-0.25, -0.2) is 0 Å². The third kappa shape index (κ3) is 4.04. The standard InChI is InChI=1S/C13H25NO4Si/c1-13(2,3)19(4,5)18-7-6-14-9-10(12(16)17)8-11(14)15/h10H,6-9H2,1-5H3,(H,16,17). The number of carbonyl (C=O) groups is 2. The van der Waals surface area contributed by atoms with Gasteiger partial charge in [-0.3, -0.25) is 9.59 Å². The SMILES string of the molecule is CC(C)(C)[Si](C)(C)OCCN1CC(C(=O)O)CC1=O. The molecule has 6 heteroatoms. The van der Waals surface area contributed by atoms with E-state index in [4.69, 9.17) is 9.53 Å². The Morgan fingerprint density at radius 1 is 1.47 bits per heavy atom. The van der Waals surface area contributed by atoms with Crippen molar-refractivity contribution in [2.45, 2.75) is 45.3 Å². The highest BCUT2D eigenvalue weighted by Gasteiger charge is 2.38. The van der Waals surface area contributed by atoms with E-state index in [1.54, 1.807) is 4.90 Å². The first-order valence-electron chi connectivity index (χ1n) is 6.69. The lowest BCUT2D eigenvalue weighted by Gasteiger charge is -2.36. The number of carboxylic acids is 1. The fraction of sp³-hybridized carbons (Fsp3) is 0.846. The molecule has 0 aliphatic carbocycles. The molecular formula is C13H25NO4Si. The highest BCUT2D eigenvalue weighted by molar-refractivity contribution is 6.74. The lowest BCUT2D eigenvalue weighted by atomic mass is 10.1. The first kappa shape index (κ1) is 16.2. The van der Waals surface area contributed by atoms with Crippen molar-refractivity contribution in [1.82, 2.24) is 4.90 Å². The van der Waals surface area contributed by atoms with Crippen LogP contribution < -0.4 is 0 Å². The first-order chi connectivity index (χ1) is 8.54. The van der Waals surface area contributed by atoms with Crippen molar-refractivity contribution in [3.8, 4) is 0 Å². The molecule has 1 aliphatic rings. The lowest BCUT2D eigenvalue weighted by Crippen LogP contribution is -2.43. The topological polar surface area (TPSA) is 66.8 Å². The summed E-state index contributed by atoms with van der Waals surface area (Å²) in [6, 6.07) is 0. The molecule has 0 radical (unpaired) electrons. The normalized spacial score (nSPS) is 21.0. The molecule has 5 nitrogen and oxygen atoms in total. The summed E-state index contributed by atoms with van der Waals surface area (Å²) in [5.41, 5.74) is 0. The number of nitrogens with zero attached hydrogens (tertiary/aromatic N) is 1. The molecule has 0 aromatic heterocycles. The molecule has 0 spiro atoms. The van der Waals surface area contributed by atoms with E-state index in [0.29, 0.717) is 19.7 Å². The quantitative estimate of drug-likeness (QED) is 0.785. The molecule has 0 saturated carbocycles. The second-order valence-electron chi connectivity index (χ2n) is 6.69. The molecular weight excluding hydrogens is 262 g/mol. The van der Waals surface area contributed by atoms with Gasteiger partial charge in [0.25, 0.3) is 0 Å². The molecule has 1 rings (SSSR count). The van der Waals surface area contributed by atoms with E-state index in [9.17, 15) is 9.59 Å². The number of likely N-dealkylation sites (tertiary alicyclic amines) is 1. The summed E-state index contributed by atoms with van der Waals surface area (Å²) in [7, 11) is -1.79. The van der Waals surface area contributed by atoms with E-state index in [0.717, 1.165) is 0 Å². The van der Waals surface area contributed by atoms with Gasteiger partial charge in [0.1, 0.15) is 0 Å². The van der Waals surface area contributed by atoms with Crippen molar-refractivity contribution in [3.05, 3.63) is 0 Å². The van der Waals surface area contributed by atoms with Gasteiger partial charge in [0.2, 0.25) is 5.91 Å². The Labute approximate surface area is 116 Å². The monoisotopic (exact) mass is 287 g/mol. The summed E-state index contributed by atoms with van der Waals surface area (Å²) in [6.45, 7) is 12.1. The molecule has 1 heterocycles. The second kappa shape index (κ2) is 5.62. The summed E-state index contributed by atoms with van der Waals surface area (Å²) < 4.78 is 6.00. The molecule has 0 bridgehead atoms. The number of carbonyl (C=O) groups excluding carboxylic acids is 1. The summed E-state index contributed by atoms with van der Waals surface area (Å²) >= 11 is 0. The largest absolute Gasteiger partial charge is 0.481 e. The summed E-state index contributed by atoms with van der Waals surface area (Å²) in [5.74, 6) is -1.52. The van der Waals surface area contributed by atoms with E-state index in [1.165, 1.54) is 0 Å². The van der Waals surface area contributed by atoms with E-state index < -0.39 is 20.2 Å². The van der Waals surface area contributed by atoms with E-state index in [-0.39, 0.29) is 17.4 Å². The van der Waals surface area contributed by atoms with E-state index in [1.807, 2.05) is 0 Å². The predicted octanol–water partition coefficient (Wildman–Crippen LogP) is 1.94. The van der Waals surface area contributed by atoms with Gasteiger partial charge in [0.05, 0.1) is 12.5 Å². The number of amides is 1. The third-order valence-corrected chi connectivity index (χ3v) is 8.73. The zero-order chi connectivity index (χ0) is 14.8. The van der Waals surface area contributed by atoms with Gasteiger partial charge in [0.15, 0.2) is 8.32 Å². The molecule has 110 valence electrons. The smallest absolute Gasteiger partial charge is 0.308 e. The predicted molar refractivity (Wildman–Crippen MR) is 75.5 cm³/mol. The van der Waals surface area contributed by atoms with Crippen LogP contribution in [0.4, 0.5) is 0 Å². The molecule has 0 aromatic carbocycles. The maximum Gasteiger partial charge on any atom is 0.308 e. The average Bonchev–Trinajstić information content (AvgIpc) is 2.58. The molecule has 1 saturated heterocycles. The second-order valence-corrected chi connectivity index (χ2v) is 11.5. The lowest BCUT2D eigenvalue weighted by molar-refractivity contribution is -0.141. The van der Waals surface area contributed by atoms with Crippen LogP contribution in [-0.4, -0.2) is 49.9 Å². The Kier molecular flexibility index (Phi) is 4.79. The van der Waals surface area contributed by atoms with Crippen molar-refractivity contribution in [1.29, 1.82) is 0 Å². The molecule has 1 N–H and O–H groups in total. The van der Waals surface area contributed by atoms with Gasteiger partial charge >= 0.3 is 5.97 Å². The zero-order valence-corrected chi connectivity index (χ0v) is 13.5. The fourth-order valence-electron chi connectivity index (χ4n) is 1.78. The van der Waals surface area contributed by atoms with E-state index in [2.05, 4.69) is 33.9 Å². The summed E-state index contributed by atoms with van der Waals surface area (Å²) in [5, 5.41) is 9.05. The van der Waals surface area contributed by atoms with Crippen LogP contribution in [-0.2, 0) is 14.0 Å². The minimum absolute atomic E-state index is 0.0776. The minimum Gasteiger partial charge on any atom is -0.481 e. The van der Waals surface area contributed by atoms with Gasteiger partial charge in [-0.2, -0.15) is 0 Å². The molecule has 1 unspecified atom stereocenters. The van der Waals surface area contributed by atoms with Crippen LogP contribution in [0.1, 0.15) is 27.2 Å². The van der Waals surface area contributed by atoms with Gasteiger partial charge in [0, 0.05) is 19.5 Å².